The van der Waals surface area contributed by atoms with Crippen LogP contribution >= 0.6 is 11.3 Å². The summed E-state index contributed by atoms with van der Waals surface area (Å²) in [7, 11) is 3.48. The molecule has 0 bridgehead atoms. The molecule has 0 amide bonds. The smallest absolute Gasteiger partial charge is 0.191 e. The number of aromatic nitrogens is 1. The lowest BCUT2D eigenvalue weighted by atomic mass is 9.98. The molecule has 0 saturated carbocycles. The van der Waals surface area contributed by atoms with Gasteiger partial charge >= 0.3 is 0 Å². The minimum atomic E-state index is 0.474. The molecule has 0 spiro atoms. The van der Waals surface area contributed by atoms with Gasteiger partial charge in [-0.2, -0.15) is 0 Å². The van der Waals surface area contributed by atoms with Crippen molar-refractivity contribution in [2.75, 3.05) is 20.7 Å². The van der Waals surface area contributed by atoms with Crippen molar-refractivity contribution >= 4 is 17.3 Å². The lowest BCUT2D eigenvalue weighted by Crippen LogP contribution is -2.37. The van der Waals surface area contributed by atoms with Crippen LogP contribution in [0.5, 0.6) is 5.75 Å². The van der Waals surface area contributed by atoms with Gasteiger partial charge in [0.1, 0.15) is 5.75 Å². The molecule has 0 aliphatic heterocycles. The molecule has 0 fully saturated rings. The standard InChI is InChI=1S/C19H28N4OS/c1-5-18-23-16(13-25-18)12-22-19(20-3)21-11-10-14(2)15-6-8-17(24-4)9-7-15/h6-9,13-14H,5,10-12H2,1-4H3,(H2,20,21,22). The van der Waals surface area contributed by atoms with Gasteiger partial charge in [0.05, 0.1) is 24.4 Å². The minimum absolute atomic E-state index is 0.474. The quantitative estimate of drug-likeness (QED) is 0.558. The van der Waals surface area contributed by atoms with Crippen molar-refractivity contribution < 1.29 is 4.74 Å². The number of thiazole rings is 1. The summed E-state index contributed by atoms with van der Waals surface area (Å²) < 4.78 is 5.21. The molecule has 5 nitrogen and oxygen atoms in total. The lowest BCUT2D eigenvalue weighted by Gasteiger charge is -2.15. The predicted molar refractivity (Wildman–Crippen MR) is 106 cm³/mol. The van der Waals surface area contributed by atoms with Crippen molar-refractivity contribution in [2.24, 2.45) is 4.99 Å². The van der Waals surface area contributed by atoms with E-state index in [1.165, 1.54) is 10.6 Å². The summed E-state index contributed by atoms with van der Waals surface area (Å²) in [6.07, 6.45) is 2.02. The Morgan fingerprint density at radius 2 is 2.04 bits per heavy atom. The van der Waals surface area contributed by atoms with Crippen LogP contribution in [0.2, 0.25) is 0 Å². The summed E-state index contributed by atoms with van der Waals surface area (Å²) in [5, 5.41) is 9.97. The number of nitrogens with zero attached hydrogens (tertiary/aromatic N) is 2. The highest BCUT2D eigenvalue weighted by Crippen LogP contribution is 2.21. The van der Waals surface area contributed by atoms with Crippen molar-refractivity contribution in [3.63, 3.8) is 0 Å². The zero-order valence-electron chi connectivity index (χ0n) is 15.5. The van der Waals surface area contributed by atoms with Gasteiger partial charge in [0.25, 0.3) is 0 Å². The number of guanidine groups is 1. The summed E-state index contributed by atoms with van der Waals surface area (Å²) >= 11 is 1.71. The van der Waals surface area contributed by atoms with Gasteiger partial charge in [-0.3, -0.25) is 4.99 Å². The van der Waals surface area contributed by atoms with Crippen molar-refractivity contribution in [3.05, 3.63) is 45.9 Å². The second-order valence-electron chi connectivity index (χ2n) is 5.90. The summed E-state index contributed by atoms with van der Waals surface area (Å²) in [5.41, 5.74) is 2.39. The van der Waals surface area contributed by atoms with E-state index in [2.05, 4.69) is 52.0 Å². The van der Waals surface area contributed by atoms with Crippen molar-refractivity contribution in [1.82, 2.24) is 15.6 Å². The van der Waals surface area contributed by atoms with Gasteiger partial charge in [-0.1, -0.05) is 26.0 Å². The molecule has 1 aromatic heterocycles. The molecule has 2 aromatic rings. The van der Waals surface area contributed by atoms with E-state index in [0.717, 1.165) is 36.8 Å². The van der Waals surface area contributed by atoms with E-state index in [9.17, 15) is 0 Å². The predicted octanol–water partition coefficient (Wildman–Crippen LogP) is 3.57. The van der Waals surface area contributed by atoms with E-state index in [0.29, 0.717) is 12.5 Å². The molecule has 1 atom stereocenters. The normalized spacial score (nSPS) is 12.7. The van der Waals surface area contributed by atoms with Gasteiger partial charge in [-0.25, -0.2) is 4.98 Å². The van der Waals surface area contributed by atoms with Crippen LogP contribution in [-0.4, -0.2) is 31.6 Å². The second kappa shape index (κ2) is 10.0. The van der Waals surface area contributed by atoms with E-state index in [1.807, 2.05) is 12.1 Å². The molecule has 6 heteroatoms. The molecule has 0 saturated heterocycles. The second-order valence-corrected chi connectivity index (χ2v) is 6.84. The van der Waals surface area contributed by atoms with Crippen LogP contribution < -0.4 is 15.4 Å². The van der Waals surface area contributed by atoms with Gasteiger partial charge < -0.3 is 15.4 Å². The molecular formula is C19H28N4OS. The van der Waals surface area contributed by atoms with Crippen LogP contribution in [0, 0.1) is 0 Å². The van der Waals surface area contributed by atoms with E-state index in [-0.39, 0.29) is 0 Å². The molecule has 0 aliphatic rings. The fraction of sp³-hybridized carbons (Fsp3) is 0.474. The third-order valence-electron chi connectivity index (χ3n) is 4.12. The Morgan fingerprint density at radius 3 is 2.64 bits per heavy atom. The van der Waals surface area contributed by atoms with Gasteiger partial charge in [-0.05, 0) is 36.5 Å². The first-order valence-electron chi connectivity index (χ1n) is 8.68. The average molecular weight is 361 g/mol. The summed E-state index contributed by atoms with van der Waals surface area (Å²) in [4.78, 5) is 8.84. The number of aryl methyl sites for hydroxylation is 1. The third-order valence-corrected chi connectivity index (χ3v) is 5.16. The van der Waals surface area contributed by atoms with Crippen LogP contribution in [0.1, 0.15) is 42.5 Å². The van der Waals surface area contributed by atoms with Crippen molar-refractivity contribution in [3.8, 4) is 5.75 Å². The number of hydrogen-bond acceptors (Lipinski definition) is 4. The van der Waals surface area contributed by atoms with Crippen LogP contribution in [0.4, 0.5) is 0 Å². The molecule has 2 N–H and O–H groups in total. The molecule has 1 unspecified atom stereocenters. The summed E-state index contributed by atoms with van der Waals surface area (Å²) in [5.74, 6) is 2.18. The Bertz CT molecular complexity index is 666. The van der Waals surface area contributed by atoms with E-state index in [1.54, 1.807) is 25.5 Å². The van der Waals surface area contributed by atoms with Crippen molar-refractivity contribution in [2.45, 2.75) is 39.2 Å². The summed E-state index contributed by atoms with van der Waals surface area (Å²) in [6.45, 7) is 5.93. The maximum atomic E-state index is 5.21. The average Bonchev–Trinajstić information content (AvgIpc) is 3.12. The molecule has 1 heterocycles. The third kappa shape index (κ3) is 6.05. The molecule has 25 heavy (non-hydrogen) atoms. The van der Waals surface area contributed by atoms with Gasteiger partial charge in [0, 0.05) is 19.0 Å². The topological polar surface area (TPSA) is 58.5 Å². The Labute approximate surface area is 154 Å². The number of rotatable bonds is 8. The fourth-order valence-electron chi connectivity index (χ4n) is 2.49. The minimum Gasteiger partial charge on any atom is -0.497 e. The lowest BCUT2D eigenvalue weighted by molar-refractivity contribution is 0.414. The van der Waals surface area contributed by atoms with E-state index < -0.39 is 0 Å². The molecule has 136 valence electrons. The Balaban J connectivity index is 1.74. The first-order chi connectivity index (χ1) is 12.2. The Kier molecular flexibility index (Phi) is 7.73. The highest BCUT2D eigenvalue weighted by molar-refractivity contribution is 7.09. The van der Waals surface area contributed by atoms with Crippen molar-refractivity contribution in [1.29, 1.82) is 0 Å². The number of nitrogens with one attached hydrogen (secondary N) is 2. The molecular weight excluding hydrogens is 332 g/mol. The number of hydrogen-bond donors (Lipinski definition) is 2. The maximum absolute atomic E-state index is 5.21. The number of ether oxygens (including phenoxy) is 1. The number of benzene rings is 1. The molecule has 0 aliphatic carbocycles. The van der Waals surface area contributed by atoms with E-state index >= 15 is 0 Å². The summed E-state index contributed by atoms with van der Waals surface area (Å²) in [6, 6.07) is 8.28. The fourth-order valence-corrected chi connectivity index (χ4v) is 3.24. The van der Waals surface area contributed by atoms with Crippen LogP contribution in [-0.2, 0) is 13.0 Å². The van der Waals surface area contributed by atoms with Crippen LogP contribution in [0.15, 0.2) is 34.6 Å². The highest BCUT2D eigenvalue weighted by Gasteiger charge is 2.07. The number of methoxy groups -OCH3 is 1. The zero-order chi connectivity index (χ0) is 18.1. The zero-order valence-corrected chi connectivity index (χ0v) is 16.3. The van der Waals surface area contributed by atoms with Gasteiger partial charge in [0.2, 0.25) is 0 Å². The SMILES string of the molecule is CCc1nc(CNC(=NC)NCCC(C)c2ccc(OC)cc2)cs1. The van der Waals surface area contributed by atoms with Crippen LogP contribution in [0.25, 0.3) is 0 Å². The van der Waals surface area contributed by atoms with E-state index in [4.69, 9.17) is 4.74 Å². The van der Waals surface area contributed by atoms with Crippen LogP contribution in [0.3, 0.4) is 0 Å². The molecule has 2 rings (SSSR count). The highest BCUT2D eigenvalue weighted by atomic mass is 32.1. The maximum Gasteiger partial charge on any atom is 0.191 e. The van der Waals surface area contributed by atoms with Gasteiger partial charge in [0.15, 0.2) is 5.96 Å². The molecule has 1 aromatic carbocycles. The largest absolute Gasteiger partial charge is 0.497 e. The first-order valence-corrected chi connectivity index (χ1v) is 9.56. The Hall–Kier alpha value is -2.08. The number of aliphatic imine (C=N–C) groups is 1. The molecule has 0 radical (unpaired) electrons. The monoisotopic (exact) mass is 360 g/mol. The van der Waals surface area contributed by atoms with Gasteiger partial charge in [-0.15, -0.1) is 11.3 Å². The first kappa shape index (κ1) is 19.2. The Morgan fingerprint density at radius 1 is 1.28 bits per heavy atom.